The summed E-state index contributed by atoms with van der Waals surface area (Å²) in [6.45, 7) is 0. The highest BCUT2D eigenvalue weighted by Gasteiger charge is 2.12. The molecule has 1 heterocycles. The van der Waals surface area contributed by atoms with E-state index in [0.717, 1.165) is 5.56 Å². The van der Waals surface area contributed by atoms with Crippen LogP contribution >= 0.6 is 0 Å². The molecule has 0 amide bonds. The molecule has 0 radical (unpaired) electrons. The van der Waals surface area contributed by atoms with Crippen molar-refractivity contribution in [1.82, 2.24) is 4.98 Å². The predicted octanol–water partition coefficient (Wildman–Crippen LogP) is 2.58. The highest BCUT2D eigenvalue weighted by Crippen LogP contribution is 2.20. The van der Waals surface area contributed by atoms with Crippen LogP contribution in [0.2, 0.25) is 0 Å². The maximum Gasteiger partial charge on any atom is 0.272 e. The zero-order valence-corrected chi connectivity index (χ0v) is 8.54. The molecule has 0 aliphatic carbocycles. The Hall–Kier alpha value is -2.23. The lowest BCUT2D eigenvalue weighted by molar-refractivity contribution is -0.385. The van der Waals surface area contributed by atoms with Gasteiger partial charge in [-0.3, -0.25) is 15.1 Å². The minimum Gasteiger partial charge on any atom is -0.264 e. The molecule has 80 valence electrons. The second kappa shape index (κ2) is 4.53. The number of nitro groups is 1. The third kappa shape index (κ3) is 2.23. The van der Waals surface area contributed by atoms with Crippen LogP contribution in [0.15, 0.2) is 48.8 Å². The normalized spacial score (nSPS) is 10.0. The summed E-state index contributed by atoms with van der Waals surface area (Å²) in [5.41, 5.74) is 1.84. The molecule has 0 unspecified atom stereocenters. The van der Waals surface area contributed by atoms with Crippen LogP contribution in [-0.4, -0.2) is 9.91 Å². The molecule has 1 aromatic heterocycles. The predicted molar refractivity (Wildman–Crippen MR) is 60.1 cm³/mol. The molecule has 0 aliphatic heterocycles. The fourth-order valence-electron chi connectivity index (χ4n) is 1.56. The first kappa shape index (κ1) is 10.3. The lowest BCUT2D eigenvalue weighted by Gasteiger charge is -2.02. The largest absolute Gasteiger partial charge is 0.272 e. The molecular formula is C12H10N2O2. The van der Waals surface area contributed by atoms with Gasteiger partial charge in [0.25, 0.3) is 5.69 Å². The van der Waals surface area contributed by atoms with E-state index in [1.165, 1.54) is 6.07 Å². The van der Waals surface area contributed by atoms with Gasteiger partial charge in [0.15, 0.2) is 0 Å². The van der Waals surface area contributed by atoms with Crippen molar-refractivity contribution in [2.45, 2.75) is 6.42 Å². The summed E-state index contributed by atoms with van der Waals surface area (Å²) in [5.74, 6) is 0. The van der Waals surface area contributed by atoms with Crippen molar-refractivity contribution >= 4 is 5.69 Å². The lowest BCUT2D eigenvalue weighted by atomic mass is 10.1. The van der Waals surface area contributed by atoms with E-state index in [2.05, 4.69) is 4.98 Å². The SMILES string of the molecule is O=[N+]([O-])c1ccccc1Cc1cccnc1. The summed E-state index contributed by atoms with van der Waals surface area (Å²) in [5, 5.41) is 10.8. The van der Waals surface area contributed by atoms with Crippen molar-refractivity contribution in [3.8, 4) is 0 Å². The Morgan fingerprint density at radius 3 is 2.69 bits per heavy atom. The summed E-state index contributed by atoms with van der Waals surface area (Å²) in [4.78, 5) is 14.4. The molecule has 0 N–H and O–H groups in total. The van der Waals surface area contributed by atoms with Gasteiger partial charge in [-0.2, -0.15) is 0 Å². The maximum absolute atomic E-state index is 10.8. The van der Waals surface area contributed by atoms with E-state index in [1.54, 1.807) is 30.6 Å². The van der Waals surface area contributed by atoms with Gasteiger partial charge in [-0.15, -0.1) is 0 Å². The Labute approximate surface area is 92.7 Å². The van der Waals surface area contributed by atoms with Gasteiger partial charge in [-0.25, -0.2) is 0 Å². The molecule has 16 heavy (non-hydrogen) atoms. The van der Waals surface area contributed by atoms with Crippen molar-refractivity contribution in [3.63, 3.8) is 0 Å². The molecule has 0 saturated heterocycles. The number of para-hydroxylation sites is 1. The molecule has 1 aromatic carbocycles. The van der Waals surface area contributed by atoms with E-state index in [0.29, 0.717) is 12.0 Å². The Morgan fingerprint density at radius 2 is 2.00 bits per heavy atom. The third-order valence-electron chi connectivity index (χ3n) is 2.31. The first-order valence-corrected chi connectivity index (χ1v) is 4.88. The van der Waals surface area contributed by atoms with E-state index in [9.17, 15) is 10.1 Å². The Kier molecular flexibility index (Phi) is 2.91. The molecular weight excluding hydrogens is 204 g/mol. The zero-order chi connectivity index (χ0) is 11.4. The van der Waals surface area contributed by atoms with E-state index in [-0.39, 0.29) is 10.6 Å². The minimum absolute atomic E-state index is 0.159. The number of hydrogen-bond donors (Lipinski definition) is 0. The quantitative estimate of drug-likeness (QED) is 0.582. The number of benzene rings is 1. The smallest absolute Gasteiger partial charge is 0.264 e. The van der Waals surface area contributed by atoms with Gasteiger partial charge in [-0.1, -0.05) is 24.3 Å². The molecule has 4 nitrogen and oxygen atoms in total. The van der Waals surface area contributed by atoms with Gasteiger partial charge >= 0.3 is 0 Å². The summed E-state index contributed by atoms with van der Waals surface area (Å²) in [7, 11) is 0. The fraction of sp³-hybridized carbons (Fsp3) is 0.0833. The van der Waals surface area contributed by atoms with Crippen molar-refractivity contribution in [1.29, 1.82) is 0 Å². The highest BCUT2D eigenvalue weighted by molar-refractivity contribution is 5.42. The van der Waals surface area contributed by atoms with Crippen LogP contribution in [0.25, 0.3) is 0 Å². The van der Waals surface area contributed by atoms with Crippen molar-refractivity contribution in [2.75, 3.05) is 0 Å². The maximum atomic E-state index is 10.8. The summed E-state index contributed by atoms with van der Waals surface area (Å²) in [6.07, 6.45) is 3.94. The van der Waals surface area contributed by atoms with Crippen LogP contribution in [0.4, 0.5) is 5.69 Å². The minimum atomic E-state index is -0.355. The monoisotopic (exact) mass is 214 g/mol. The first-order chi connectivity index (χ1) is 7.77. The molecule has 0 spiro atoms. The van der Waals surface area contributed by atoms with Gasteiger partial charge in [0.1, 0.15) is 0 Å². The summed E-state index contributed by atoms with van der Waals surface area (Å²) < 4.78 is 0. The first-order valence-electron chi connectivity index (χ1n) is 4.88. The van der Waals surface area contributed by atoms with Crippen LogP contribution in [-0.2, 0) is 6.42 Å². The summed E-state index contributed by atoms with van der Waals surface area (Å²) >= 11 is 0. The Balaban J connectivity index is 2.31. The number of nitrogens with zero attached hydrogens (tertiary/aromatic N) is 2. The highest BCUT2D eigenvalue weighted by atomic mass is 16.6. The number of aromatic nitrogens is 1. The van der Waals surface area contributed by atoms with E-state index in [1.807, 2.05) is 12.1 Å². The number of hydrogen-bond acceptors (Lipinski definition) is 3. The van der Waals surface area contributed by atoms with Crippen LogP contribution in [0.1, 0.15) is 11.1 Å². The molecule has 2 rings (SSSR count). The third-order valence-corrected chi connectivity index (χ3v) is 2.31. The van der Waals surface area contributed by atoms with Crippen LogP contribution in [0.3, 0.4) is 0 Å². The standard InChI is InChI=1S/C12H10N2O2/c15-14(16)12-6-2-1-5-11(12)8-10-4-3-7-13-9-10/h1-7,9H,8H2. The number of rotatable bonds is 3. The van der Waals surface area contributed by atoms with E-state index >= 15 is 0 Å². The second-order valence-corrected chi connectivity index (χ2v) is 3.42. The van der Waals surface area contributed by atoms with Crippen LogP contribution in [0, 0.1) is 10.1 Å². The Morgan fingerprint density at radius 1 is 1.19 bits per heavy atom. The lowest BCUT2D eigenvalue weighted by Crippen LogP contribution is -1.96. The van der Waals surface area contributed by atoms with Crippen molar-refractivity contribution < 1.29 is 4.92 Å². The van der Waals surface area contributed by atoms with Gasteiger partial charge in [0.05, 0.1) is 4.92 Å². The fourth-order valence-corrected chi connectivity index (χ4v) is 1.56. The van der Waals surface area contributed by atoms with Crippen molar-refractivity contribution in [3.05, 3.63) is 70.0 Å². The molecule has 4 heteroatoms. The molecule has 0 fully saturated rings. The van der Waals surface area contributed by atoms with Gasteiger partial charge in [0, 0.05) is 30.4 Å². The van der Waals surface area contributed by atoms with Crippen LogP contribution in [0.5, 0.6) is 0 Å². The molecule has 2 aromatic rings. The van der Waals surface area contributed by atoms with Crippen molar-refractivity contribution in [2.24, 2.45) is 0 Å². The zero-order valence-electron chi connectivity index (χ0n) is 8.54. The Bertz CT molecular complexity index is 497. The van der Waals surface area contributed by atoms with Gasteiger partial charge < -0.3 is 0 Å². The van der Waals surface area contributed by atoms with Crippen LogP contribution < -0.4 is 0 Å². The van der Waals surface area contributed by atoms with Gasteiger partial charge in [0.2, 0.25) is 0 Å². The molecule has 0 saturated carbocycles. The average Bonchev–Trinajstić information content (AvgIpc) is 2.31. The summed E-state index contributed by atoms with van der Waals surface area (Å²) in [6, 6.07) is 10.5. The van der Waals surface area contributed by atoms with E-state index < -0.39 is 0 Å². The van der Waals surface area contributed by atoms with Gasteiger partial charge in [-0.05, 0) is 11.6 Å². The average molecular weight is 214 g/mol. The number of pyridine rings is 1. The molecule has 0 aliphatic rings. The topological polar surface area (TPSA) is 56.0 Å². The number of nitro benzene ring substituents is 1. The molecule has 0 atom stereocenters. The molecule has 0 bridgehead atoms. The van der Waals surface area contributed by atoms with E-state index in [4.69, 9.17) is 0 Å². The second-order valence-electron chi connectivity index (χ2n) is 3.42.